The van der Waals surface area contributed by atoms with E-state index in [0.29, 0.717) is 10.8 Å². The summed E-state index contributed by atoms with van der Waals surface area (Å²) < 4.78 is 1.79. The third kappa shape index (κ3) is 1.74. The Morgan fingerprint density at radius 3 is 2.93 bits per heavy atom. The molecule has 0 amide bonds. The maximum absolute atomic E-state index is 10.7. The van der Waals surface area contributed by atoms with Gasteiger partial charge in [-0.15, -0.1) is 0 Å². The molecule has 0 aliphatic heterocycles. The number of carboxylic acid groups (broad SMARTS) is 1. The largest absolute Gasteiger partial charge is 0.477 e. The number of rotatable bonds is 3. The van der Waals surface area contributed by atoms with Crippen LogP contribution in [0.5, 0.6) is 0 Å². The van der Waals surface area contributed by atoms with Crippen molar-refractivity contribution in [2.24, 2.45) is 0 Å². The first-order valence-electron chi connectivity index (χ1n) is 4.83. The van der Waals surface area contributed by atoms with E-state index in [-0.39, 0.29) is 0 Å². The fourth-order valence-corrected chi connectivity index (χ4v) is 2.17. The van der Waals surface area contributed by atoms with Crippen LogP contribution in [0.25, 0.3) is 4.96 Å². The Bertz CT molecular complexity index is 469. The highest BCUT2D eigenvalue weighted by Gasteiger charge is 2.13. The third-order valence-corrected chi connectivity index (χ3v) is 3.49. The first kappa shape index (κ1) is 10.2. The minimum absolute atomic E-state index is 0.327. The Hall–Kier alpha value is -1.36. The minimum atomic E-state index is -0.893. The van der Waals surface area contributed by atoms with Crippen LogP contribution in [-0.2, 0) is 0 Å². The average molecular weight is 224 g/mol. The van der Waals surface area contributed by atoms with Gasteiger partial charge in [0.25, 0.3) is 0 Å². The summed E-state index contributed by atoms with van der Waals surface area (Å²) in [6.07, 6.45) is 4.56. The fourth-order valence-electron chi connectivity index (χ4n) is 1.36. The van der Waals surface area contributed by atoms with Gasteiger partial charge in [-0.05, 0) is 12.3 Å². The molecule has 0 bridgehead atoms. The predicted molar refractivity (Wildman–Crippen MR) is 58.7 cm³/mol. The standard InChI is InChI=1S/C10H12N2O2S/c1-3-6(2)7-4-12-5-8(9(13)14)15-10(12)11-7/h4-6H,3H2,1-2H3,(H,13,14). The second kappa shape index (κ2) is 3.66. The average Bonchev–Trinajstić information content (AvgIpc) is 2.72. The van der Waals surface area contributed by atoms with Crippen molar-refractivity contribution < 1.29 is 9.90 Å². The van der Waals surface area contributed by atoms with Crippen LogP contribution in [0.2, 0.25) is 0 Å². The van der Waals surface area contributed by atoms with E-state index in [4.69, 9.17) is 5.11 Å². The summed E-state index contributed by atoms with van der Waals surface area (Å²) in [5.74, 6) is -0.471. The van der Waals surface area contributed by atoms with Crippen molar-refractivity contribution in [3.8, 4) is 0 Å². The van der Waals surface area contributed by atoms with E-state index in [1.165, 1.54) is 11.3 Å². The highest BCUT2D eigenvalue weighted by Crippen LogP contribution is 2.23. The highest BCUT2D eigenvalue weighted by atomic mass is 32.1. The van der Waals surface area contributed by atoms with Crippen LogP contribution in [-0.4, -0.2) is 20.5 Å². The number of hydrogen-bond acceptors (Lipinski definition) is 3. The monoisotopic (exact) mass is 224 g/mol. The van der Waals surface area contributed by atoms with Gasteiger partial charge < -0.3 is 5.11 Å². The van der Waals surface area contributed by atoms with Gasteiger partial charge in [0, 0.05) is 12.4 Å². The summed E-state index contributed by atoms with van der Waals surface area (Å²) in [5.41, 5.74) is 1.03. The molecular weight excluding hydrogens is 212 g/mol. The maximum Gasteiger partial charge on any atom is 0.347 e. The van der Waals surface area contributed by atoms with E-state index >= 15 is 0 Å². The molecule has 15 heavy (non-hydrogen) atoms. The zero-order valence-electron chi connectivity index (χ0n) is 8.60. The van der Waals surface area contributed by atoms with Gasteiger partial charge >= 0.3 is 5.97 Å². The van der Waals surface area contributed by atoms with E-state index in [9.17, 15) is 4.79 Å². The Balaban J connectivity index is 2.42. The molecular formula is C10H12N2O2S. The maximum atomic E-state index is 10.7. The topological polar surface area (TPSA) is 54.6 Å². The third-order valence-electron chi connectivity index (χ3n) is 2.50. The number of thiazole rings is 1. The molecule has 0 saturated carbocycles. The summed E-state index contributed by atoms with van der Waals surface area (Å²) >= 11 is 1.21. The first-order chi connectivity index (χ1) is 7.11. The van der Waals surface area contributed by atoms with Gasteiger partial charge in [0.15, 0.2) is 4.96 Å². The fraction of sp³-hybridized carbons (Fsp3) is 0.400. The Morgan fingerprint density at radius 2 is 2.40 bits per heavy atom. The van der Waals surface area contributed by atoms with Crippen molar-refractivity contribution in [2.45, 2.75) is 26.2 Å². The molecule has 0 aromatic carbocycles. The van der Waals surface area contributed by atoms with Crippen LogP contribution in [0.3, 0.4) is 0 Å². The number of carboxylic acids is 1. The van der Waals surface area contributed by atoms with Crippen molar-refractivity contribution in [1.29, 1.82) is 0 Å². The van der Waals surface area contributed by atoms with Gasteiger partial charge in [0.1, 0.15) is 4.88 Å². The van der Waals surface area contributed by atoms with E-state index in [0.717, 1.165) is 17.1 Å². The molecule has 1 N–H and O–H groups in total. The molecule has 0 fully saturated rings. The van der Waals surface area contributed by atoms with E-state index in [1.54, 1.807) is 10.6 Å². The first-order valence-corrected chi connectivity index (χ1v) is 5.65. The number of imidazole rings is 1. The Morgan fingerprint density at radius 1 is 1.67 bits per heavy atom. The molecule has 1 unspecified atom stereocenters. The number of carbonyl (C=O) groups is 1. The van der Waals surface area contributed by atoms with E-state index < -0.39 is 5.97 Å². The molecule has 80 valence electrons. The lowest BCUT2D eigenvalue weighted by atomic mass is 10.1. The van der Waals surface area contributed by atoms with Crippen molar-refractivity contribution in [1.82, 2.24) is 9.38 Å². The Labute approximate surface area is 91.2 Å². The number of aromatic nitrogens is 2. The summed E-state index contributed by atoms with van der Waals surface area (Å²) in [7, 11) is 0. The van der Waals surface area contributed by atoms with Crippen molar-refractivity contribution in [2.75, 3.05) is 0 Å². The number of fused-ring (bicyclic) bond motifs is 1. The molecule has 0 saturated heterocycles. The molecule has 2 heterocycles. The second-order valence-electron chi connectivity index (χ2n) is 3.57. The second-order valence-corrected chi connectivity index (χ2v) is 4.57. The van der Waals surface area contributed by atoms with Gasteiger partial charge in [-0.2, -0.15) is 0 Å². The van der Waals surface area contributed by atoms with Gasteiger partial charge in [0.2, 0.25) is 0 Å². The van der Waals surface area contributed by atoms with Crippen LogP contribution in [0, 0.1) is 0 Å². The molecule has 0 spiro atoms. The molecule has 0 aliphatic rings. The molecule has 5 heteroatoms. The van der Waals surface area contributed by atoms with Crippen molar-refractivity contribution in [3.05, 3.63) is 23.0 Å². The van der Waals surface area contributed by atoms with Crippen LogP contribution in [0.1, 0.15) is 41.6 Å². The predicted octanol–water partition coefficient (Wildman–Crippen LogP) is 2.61. The minimum Gasteiger partial charge on any atom is -0.477 e. The smallest absolute Gasteiger partial charge is 0.347 e. The normalized spacial score (nSPS) is 13.2. The van der Waals surface area contributed by atoms with Gasteiger partial charge in [-0.1, -0.05) is 25.2 Å². The van der Waals surface area contributed by atoms with Crippen LogP contribution in [0.15, 0.2) is 12.4 Å². The molecule has 0 radical (unpaired) electrons. The summed E-state index contributed by atoms with van der Waals surface area (Å²) in [6.45, 7) is 4.23. The number of aromatic carboxylic acids is 1. The van der Waals surface area contributed by atoms with Gasteiger partial charge in [0.05, 0.1) is 5.69 Å². The summed E-state index contributed by atoms with van der Waals surface area (Å²) in [6, 6.07) is 0. The Kier molecular flexibility index (Phi) is 2.48. The van der Waals surface area contributed by atoms with Crippen molar-refractivity contribution in [3.63, 3.8) is 0 Å². The summed E-state index contributed by atoms with van der Waals surface area (Å²) in [4.78, 5) is 16.2. The van der Waals surface area contributed by atoms with E-state index in [2.05, 4.69) is 18.8 Å². The quantitative estimate of drug-likeness (QED) is 0.871. The summed E-state index contributed by atoms with van der Waals surface area (Å²) in [5, 5.41) is 8.80. The lowest BCUT2D eigenvalue weighted by molar-refractivity contribution is 0.0702. The molecule has 2 rings (SSSR count). The molecule has 4 nitrogen and oxygen atoms in total. The zero-order chi connectivity index (χ0) is 11.0. The lowest BCUT2D eigenvalue weighted by Gasteiger charge is -2.01. The SMILES string of the molecule is CCC(C)c1cn2cc(C(=O)O)sc2n1. The van der Waals surface area contributed by atoms with Crippen molar-refractivity contribution >= 4 is 22.3 Å². The lowest BCUT2D eigenvalue weighted by Crippen LogP contribution is -1.92. The number of hydrogen-bond donors (Lipinski definition) is 1. The molecule has 2 aromatic heterocycles. The van der Waals surface area contributed by atoms with Crippen LogP contribution >= 0.6 is 11.3 Å². The van der Waals surface area contributed by atoms with Gasteiger partial charge in [-0.25, -0.2) is 9.78 Å². The molecule has 0 aliphatic carbocycles. The zero-order valence-corrected chi connectivity index (χ0v) is 9.41. The van der Waals surface area contributed by atoms with Crippen LogP contribution < -0.4 is 0 Å². The molecule has 1 atom stereocenters. The van der Waals surface area contributed by atoms with Crippen LogP contribution in [0.4, 0.5) is 0 Å². The highest BCUT2D eigenvalue weighted by molar-refractivity contribution is 7.18. The van der Waals surface area contributed by atoms with Gasteiger partial charge in [-0.3, -0.25) is 4.40 Å². The van der Waals surface area contributed by atoms with E-state index in [1.807, 2.05) is 6.20 Å². The molecule has 2 aromatic rings. The number of nitrogens with zero attached hydrogens (tertiary/aromatic N) is 2.